The normalized spacial score (nSPS) is 27.6. The van der Waals surface area contributed by atoms with E-state index in [4.69, 9.17) is 0 Å². The molecule has 0 bridgehead atoms. The van der Waals surface area contributed by atoms with Crippen molar-refractivity contribution in [2.24, 2.45) is 11.8 Å². The zero-order chi connectivity index (χ0) is 15.4. The zero-order valence-corrected chi connectivity index (χ0v) is 13.0. The number of rotatable bonds is 5. The molecule has 1 aromatic carbocycles. The van der Waals surface area contributed by atoms with Crippen molar-refractivity contribution in [3.63, 3.8) is 0 Å². The monoisotopic (exact) mass is 297 g/mol. The summed E-state index contributed by atoms with van der Waals surface area (Å²) in [6.07, 6.45) is 3.73. The van der Waals surface area contributed by atoms with Crippen LogP contribution in [0.15, 0.2) is 24.3 Å². The van der Waals surface area contributed by atoms with Crippen LogP contribution in [-0.2, 0) is 0 Å². The number of hydrogen-bond acceptors (Lipinski definition) is 2. The fourth-order valence-electron chi connectivity index (χ4n) is 3.14. The summed E-state index contributed by atoms with van der Waals surface area (Å²) in [6, 6.07) is 7.59. The maximum atomic E-state index is 12.3. The van der Waals surface area contributed by atoms with Gasteiger partial charge in [0.2, 0.25) is 0 Å². The molecule has 1 fully saturated rings. The maximum Gasteiger partial charge on any atom is 0.387 e. The third-order valence-corrected chi connectivity index (χ3v) is 4.51. The van der Waals surface area contributed by atoms with Crippen LogP contribution >= 0.6 is 0 Å². The molecule has 1 N–H and O–H groups in total. The molecule has 0 heterocycles. The van der Waals surface area contributed by atoms with Crippen molar-refractivity contribution in [1.82, 2.24) is 5.32 Å². The Labute approximate surface area is 125 Å². The first-order chi connectivity index (χ1) is 9.95. The fraction of sp³-hybridized carbons (Fsp3) is 0.647. The Morgan fingerprint density at radius 1 is 1.24 bits per heavy atom. The largest absolute Gasteiger partial charge is 0.435 e. The van der Waals surface area contributed by atoms with Crippen LogP contribution in [0.4, 0.5) is 8.78 Å². The average molecular weight is 297 g/mol. The molecule has 4 atom stereocenters. The number of benzene rings is 1. The minimum absolute atomic E-state index is 0.129. The van der Waals surface area contributed by atoms with Gasteiger partial charge in [0.05, 0.1) is 0 Å². The van der Waals surface area contributed by atoms with E-state index in [9.17, 15) is 8.78 Å². The standard InChI is InChI=1S/C17H25F2NO/c1-11-7-8-12(2)16(9-11)20-13(3)14-5-4-6-15(10-14)21-17(18)19/h4-6,10-13,16-17,20H,7-9H2,1-3H3. The van der Waals surface area contributed by atoms with Gasteiger partial charge in [0.15, 0.2) is 0 Å². The molecule has 0 spiro atoms. The first kappa shape index (κ1) is 16.2. The summed E-state index contributed by atoms with van der Waals surface area (Å²) < 4.78 is 29.0. The Hall–Kier alpha value is -1.16. The van der Waals surface area contributed by atoms with Crippen molar-refractivity contribution in [3.8, 4) is 5.75 Å². The molecule has 0 saturated heterocycles. The average Bonchev–Trinajstić information content (AvgIpc) is 2.42. The van der Waals surface area contributed by atoms with Crippen LogP contribution in [0.2, 0.25) is 0 Å². The van der Waals surface area contributed by atoms with Crippen LogP contribution in [-0.4, -0.2) is 12.7 Å². The Morgan fingerprint density at radius 2 is 2.00 bits per heavy atom. The van der Waals surface area contributed by atoms with E-state index in [1.807, 2.05) is 6.07 Å². The van der Waals surface area contributed by atoms with E-state index in [1.165, 1.54) is 19.3 Å². The van der Waals surface area contributed by atoms with Crippen LogP contribution in [0.25, 0.3) is 0 Å². The molecule has 4 unspecified atom stereocenters. The second kappa shape index (κ2) is 7.21. The summed E-state index contributed by atoms with van der Waals surface area (Å²) in [4.78, 5) is 0. The smallest absolute Gasteiger partial charge is 0.387 e. The number of hydrogen-bond donors (Lipinski definition) is 1. The molecule has 1 saturated carbocycles. The van der Waals surface area contributed by atoms with Gasteiger partial charge in [-0.1, -0.05) is 32.4 Å². The van der Waals surface area contributed by atoms with Crippen molar-refractivity contribution in [1.29, 1.82) is 0 Å². The summed E-state index contributed by atoms with van der Waals surface area (Å²) >= 11 is 0. The maximum absolute atomic E-state index is 12.3. The summed E-state index contributed by atoms with van der Waals surface area (Å²) in [7, 11) is 0. The van der Waals surface area contributed by atoms with Crippen molar-refractivity contribution in [3.05, 3.63) is 29.8 Å². The topological polar surface area (TPSA) is 21.3 Å². The Balaban J connectivity index is 2.00. The van der Waals surface area contributed by atoms with Gasteiger partial charge < -0.3 is 10.1 Å². The van der Waals surface area contributed by atoms with Gasteiger partial charge in [-0.25, -0.2) is 0 Å². The van der Waals surface area contributed by atoms with Crippen LogP contribution in [0.3, 0.4) is 0 Å². The van der Waals surface area contributed by atoms with Gasteiger partial charge >= 0.3 is 6.61 Å². The van der Waals surface area contributed by atoms with Gasteiger partial charge in [0.1, 0.15) is 5.75 Å². The molecule has 4 heteroatoms. The molecule has 1 aromatic rings. The Morgan fingerprint density at radius 3 is 2.71 bits per heavy atom. The summed E-state index contributed by atoms with van der Waals surface area (Å²) in [5.74, 6) is 1.63. The molecule has 0 radical (unpaired) electrons. The molecule has 118 valence electrons. The van der Waals surface area contributed by atoms with E-state index in [0.717, 1.165) is 11.5 Å². The van der Waals surface area contributed by atoms with E-state index in [0.29, 0.717) is 12.0 Å². The third kappa shape index (κ3) is 4.67. The molecular weight excluding hydrogens is 272 g/mol. The first-order valence-electron chi connectivity index (χ1n) is 7.76. The lowest BCUT2D eigenvalue weighted by atomic mass is 9.79. The first-order valence-corrected chi connectivity index (χ1v) is 7.76. The zero-order valence-electron chi connectivity index (χ0n) is 13.0. The molecule has 1 aliphatic carbocycles. The molecular formula is C17H25F2NO. The molecule has 2 rings (SSSR count). The number of nitrogens with one attached hydrogen (secondary N) is 1. The minimum Gasteiger partial charge on any atom is -0.435 e. The number of ether oxygens (including phenoxy) is 1. The van der Waals surface area contributed by atoms with Gasteiger partial charge in [-0.3, -0.25) is 0 Å². The van der Waals surface area contributed by atoms with Gasteiger partial charge in [0.25, 0.3) is 0 Å². The second-order valence-electron chi connectivity index (χ2n) is 6.34. The predicted molar refractivity (Wildman–Crippen MR) is 80.6 cm³/mol. The van der Waals surface area contributed by atoms with Crippen molar-refractivity contribution < 1.29 is 13.5 Å². The Kier molecular flexibility index (Phi) is 5.57. The quantitative estimate of drug-likeness (QED) is 0.845. The van der Waals surface area contributed by atoms with Crippen molar-refractivity contribution in [2.75, 3.05) is 0 Å². The summed E-state index contributed by atoms with van der Waals surface area (Å²) in [5, 5.41) is 3.65. The molecule has 0 aliphatic heterocycles. The van der Waals surface area contributed by atoms with Crippen LogP contribution in [0, 0.1) is 11.8 Å². The van der Waals surface area contributed by atoms with E-state index >= 15 is 0 Å². The summed E-state index contributed by atoms with van der Waals surface area (Å²) in [5.41, 5.74) is 0.985. The lowest BCUT2D eigenvalue weighted by molar-refractivity contribution is -0.0499. The molecule has 1 aliphatic rings. The SMILES string of the molecule is CC1CCC(C)C(NC(C)c2cccc(OC(F)F)c2)C1. The van der Waals surface area contributed by atoms with E-state index in [-0.39, 0.29) is 11.8 Å². The molecule has 0 aromatic heterocycles. The number of halogens is 2. The highest BCUT2D eigenvalue weighted by atomic mass is 19.3. The molecule has 21 heavy (non-hydrogen) atoms. The van der Waals surface area contributed by atoms with Crippen LogP contribution in [0.1, 0.15) is 51.6 Å². The minimum atomic E-state index is -2.78. The highest BCUT2D eigenvalue weighted by molar-refractivity contribution is 5.30. The highest BCUT2D eigenvalue weighted by Crippen LogP contribution is 2.30. The summed E-state index contributed by atoms with van der Waals surface area (Å²) in [6.45, 7) is 3.88. The molecule has 0 amide bonds. The Bertz CT molecular complexity index is 452. The van der Waals surface area contributed by atoms with Crippen LogP contribution in [0.5, 0.6) is 5.75 Å². The third-order valence-electron chi connectivity index (χ3n) is 4.51. The van der Waals surface area contributed by atoms with E-state index in [2.05, 4.69) is 30.8 Å². The van der Waals surface area contributed by atoms with E-state index in [1.54, 1.807) is 18.2 Å². The number of alkyl halides is 2. The predicted octanol–water partition coefficient (Wildman–Crippen LogP) is 4.76. The van der Waals surface area contributed by atoms with Crippen molar-refractivity contribution in [2.45, 2.75) is 58.7 Å². The fourth-order valence-corrected chi connectivity index (χ4v) is 3.14. The van der Waals surface area contributed by atoms with Crippen molar-refractivity contribution >= 4 is 0 Å². The van der Waals surface area contributed by atoms with Gasteiger partial charge in [-0.05, 0) is 49.3 Å². The van der Waals surface area contributed by atoms with Gasteiger partial charge in [0, 0.05) is 12.1 Å². The lowest BCUT2D eigenvalue weighted by Crippen LogP contribution is -2.40. The van der Waals surface area contributed by atoms with E-state index < -0.39 is 6.61 Å². The highest BCUT2D eigenvalue weighted by Gasteiger charge is 2.26. The molecule has 2 nitrogen and oxygen atoms in total. The second-order valence-corrected chi connectivity index (χ2v) is 6.34. The van der Waals surface area contributed by atoms with Gasteiger partial charge in [-0.15, -0.1) is 0 Å². The van der Waals surface area contributed by atoms with Gasteiger partial charge in [-0.2, -0.15) is 8.78 Å². The van der Waals surface area contributed by atoms with Crippen LogP contribution < -0.4 is 10.1 Å². The lowest BCUT2D eigenvalue weighted by Gasteiger charge is -2.35.